The van der Waals surface area contributed by atoms with E-state index >= 15 is 0 Å². The zero-order chi connectivity index (χ0) is 13.4. The molecule has 0 unspecified atom stereocenters. The summed E-state index contributed by atoms with van der Waals surface area (Å²) in [6.45, 7) is 5.17. The van der Waals surface area contributed by atoms with E-state index in [0.717, 1.165) is 17.8 Å². The first-order valence-corrected chi connectivity index (χ1v) is 6.96. The summed E-state index contributed by atoms with van der Waals surface area (Å²) in [4.78, 5) is 4.85. The molecule has 3 nitrogen and oxygen atoms in total. The van der Waals surface area contributed by atoms with Crippen molar-refractivity contribution in [2.75, 3.05) is 19.0 Å². The number of nitrogens with one attached hydrogen (secondary N) is 1. The summed E-state index contributed by atoms with van der Waals surface area (Å²) in [6.07, 6.45) is 2.52. The molecule has 1 aliphatic carbocycles. The normalized spacial score (nSPS) is 14.7. The van der Waals surface area contributed by atoms with Gasteiger partial charge in [-0.3, -0.25) is 0 Å². The van der Waals surface area contributed by atoms with Crippen molar-refractivity contribution in [2.45, 2.75) is 32.6 Å². The van der Waals surface area contributed by atoms with Gasteiger partial charge in [-0.25, -0.2) is 4.98 Å². The van der Waals surface area contributed by atoms with Gasteiger partial charge in [-0.1, -0.05) is 6.07 Å². The van der Waals surface area contributed by atoms with Gasteiger partial charge in [-0.15, -0.1) is 0 Å². The van der Waals surface area contributed by atoms with Crippen molar-refractivity contribution < 1.29 is 4.74 Å². The Bertz CT molecular complexity index is 618. The molecule has 1 aromatic carbocycles. The Morgan fingerprint density at radius 3 is 2.79 bits per heavy atom. The fourth-order valence-corrected chi connectivity index (χ4v) is 2.59. The number of benzene rings is 1. The molecule has 1 aliphatic rings. The molecule has 0 radical (unpaired) electrons. The molecule has 1 heterocycles. The molecule has 1 saturated carbocycles. The SMILES string of the molecule is CCNc1cc(C2CC2)nc2c(OC)ccc(C)c12. The summed E-state index contributed by atoms with van der Waals surface area (Å²) < 4.78 is 5.48. The highest BCUT2D eigenvalue weighted by Crippen LogP contribution is 2.42. The largest absolute Gasteiger partial charge is 0.494 e. The van der Waals surface area contributed by atoms with Crippen LogP contribution >= 0.6 is 0 Å². The van der Waals surface area contributed by atoms with Gasteiger partial charge >= 0.3 is 0 Å². The summed E-state index contributed by atoms with van der Waals surface area (Å²) in [6, 6.07) is 6.33. The molecule has 0 bridgehead atoms. The zero-order valence-corrected chi connectivity index (χ0v) is 11.8. The van der Waals surface area contributed by atoms with Crippen molar-refractivity contribution in [1.82, 2.24) is 4.98 Å². The van der Waals surface area contributed by atoms with Crippen LogP contribution in [0.25, 0.3) is 10.9 Å². The van der Waals surface area contributed by atoms with Crippen LogP contribution < -0.4 is 10.1 Å². The molecule has 100 valence electrons. The molecule has 0 amide bonds. The molecule has 19 heavy (non-hydrogen) atoms. The lowest BCUT2D eigenvalue weighted by molar-refractivity contribution is 0.418. The second-order valence-corrected chi connectivity index (χ2v) is 5.21. The van der Waals surface area contributed by atoms with Gasteiger partial charge in [0, 0.05) is 29.2 Å². The number of aromatic nitrogens is 1. The quantitative estimate of drug-likeness (QED) is 0.902. The number of fused-ring (bicyclic) bond motifs is 1. The fourth-order valence-electron chi connectivity index (χ4n) is 2.59. The van der Waals surface area contributed by atoms with Crippen LogP contribution in [0.2, 0.25) is 0 Å². The smallest absolute Gasteiger partial charge is 0.145 e. The van der Waals surface area contributed by atoms with Crippen LogP contribution in [-0.4, -0.2) is 18.6 Å². The van der Waals surface area contributed by atoms with E-state index in [1.54, 1.807) is 7.11 Å². The van der Waals surface area contributed by atoms with E-state index in [-0.39, 0.29) is 0 Å². The lowest BCUT2D eigenvalue weighted by Crippen LogP contribution is -2.02. The summed E-state index contributed by atoms with van der Waals surface area (Å²) >= 11 is 0. The van der Waals surface area contributed by atoms with Gasteiger partial charge in [0.05, 0.1) is 7.11 Å². The molecule has 1 aromatic heterocycles. The monoisotopic (exact) mass is 256 g/mol. The highest BCUT2D eigenvalue weighted by atomic mass is 16.5. The number of hydrogen-bond donors (Lipinski definition) is 1. The van der Waals surface area contributed by atoms with Gasteiger partial charge < -0.3 is 10.1 Å². The van der Waals surface area contributed by atoms with E-state index in [2.05, 4.69) is 31.3 Å². The predicted octanol–water partition coefficient (Wildman–Crippen LogP) is 3.86. The van der Waals surface area contributed by atoms with E-state index in [4.69, 9.17) is 9.72 Å². The Morgan fingerprint density at radius 2 is 2.16 bits per heavy atom. The molecular weight excluding hydrogens is 236 g/mol. The lowest BCUT2D eigenvalue weighted by atomic mass is 10.0. The second kappa shape index (κ2) is 4.72. The summed E-state index contributed by atoms with van der Waals surface area (Å²) in [5.74, 6) is 1.51. The molecule has 0 aliphatic heterocycles. The Hall–Kier alpha value is -1.77. The molecular formula is C16H20N2O. The Labute approximate surface area is 114 Å². The molecule has 1 N–H and O–H groups in total. The number of nitrogens with zero attached hydrogens (tertiary/aromatic N) is 1. The third-order valence-electron chi connectivity index (χ3n) is 3.73. The van der Waals surface area contributed by atoms with E-state index in [0.29, 0.717) is 5.92 Å². The van der Waals surface area contributed by atoms with Crippen molar-refractivity contribution in [3.63, 3.8) is 0 Å². The Balaban J connectivity index is 2.29. The van der Waals surface area contributed by atoms with Crippen molar-refractivity contribution in [3.8, 4) is 5.75 Å². The minimum atomic E-state index is 0.645. The van der Waals surface area contributed by atoms with Gasteiger partial charge in [-0.05, 0) is 44.4 Å². The minimum Gasteiger partial charge on any atom is -0.494 e. The maximum atomic E-state index is 5.48. The molecule has 1 fully saturated rings. The minimum absolute atomic E-state index is 0.645. The molecule has 0 spiro atoms. The third-order valence-corrected chi connectivity index (χ3v) is 3.73. The summed E-state index contributed by atoms with van der Waals surface area (Å²) in [5.41, 5.74) is 4.61. The van der Waals surface area contributed by atoms with Gasteiger partial charge in [0.25, 0.3) is 0 Å². The highest BCUT2D eigenvalue weighted by Gasteiger charge is 2.26. The van der Waals surface area contributed by atoms with E-state index in [9.17, 15) is 0 Å². The summed E-state index contributed by atoms with van der Waals surface area (Å²) in [7, 11) is 1.71. The molecule has 3 rings (SSSR count). The maximum Gasteiger partial charge on any atom is 0.145 e. The van der Waals surface area contributed by atoms with Gasteiger partial charge in [0.15, 0.2) is 0 Å². The number of pyridine rings is 1. The van der Waals surface area contributed by atoms with Crippen LogP contribution in [0, 0.1) is 6.92 Å². The first-order valence-electron chi connectivity index (χ1n) is 6.96. The molecule has 0 atom stereocenters. The zero-order valence-electron chi connectivity index (χ0n) is 11.8. The van der Waals surface area contributed by atoms with Crippen LogP contribution in [0.5, 0.6) is 5.75 Å². The predicted molar refractivity (Wildman–Crippen MR) is 79.2 cm³/mol. The van der Waals surface area contributed by atoms with Crippen molar-refractivity contribution in [1.29, 1.82) is 0 Å². The number of rotatable bonds is 4. The van der Waals surface area contributed by atoms with E-state index in [1.165, 1.54) is 35.2 Å². The number of ether oxygens (including phenoxy) is 1. The van der Waals surface area contributed by atoms with Crippen molar-refractivity contribution in [2.24, 2.45) is 0 Å². The third kappa shape index (κ3) is 2.14. The van der Waals surface area contributed by atoms with Gasteiger partial charge in [0.2, 0.25) is 0 Å². The number of hydrogen-bond acceptors (Lipinski definition) is 3. The summed E-state index contributed by atoms with van der Waals surface area (Å²) in [5, 5.41) is 4.66. The van der Waals surface area contributed by atoms with Crippen LogP contribution in [0.3, 0.4) is 0 Å². The van der Waals surface area contributed by atoms with Gasteiger partial charge in [-0.2, -0.15) is 0 Å². The average Bonchev–Trinajstić information content (AvgIpc) is 3.23. The number of methoxy groups -OCH3 is 1. The van der Waals surface area contributed by atoms with Crippen molar-refractivity contribution in [3.05, 3.63) is 29.5 Å². The fraction of sp³-hybridized carbons (Fsp3) is 0.438. The highest BCUT2D eigenvalue weighted by molar-refractivity contribution is 5.97. The first kappa shape index (κ1) is 12.3. The second-order valence-electron chi connectivity index (χ2n) is 5.21. The standard InChI is InChI=1S/C16H20N2O/c1-4-17-13-9-12(11-6-7-11)18-16-14(19-3)8-5-10(2)15(13)16/h5,8-9,11H,4,6-7H2,1-3H3,(H,17,18). The average molecular weight is 256 g/mol. The van der Waals surface area contributed by atoms with E-state index < -0.39 is 0 Å². The first-order chi connectivity index (χ1) is 9.24. The Kier molecular flexibility index (Phi) is 3.05. The maximum absolute atomic E-state index is 5.48. The topological polar surface area (TPSA) is 34.2 Å². The van der Waals surface area contributed by atoms with E-state index in [1.807, 2.05) is 6.07 Å². The van der Waals surface area contributed by atoms with Crippen molar-refractivity contribution >= 4 is 16.6 Å². The Morgan fingerprint density at radius 1 is 1.37 bits per heavy atom. The molecule has 2 aromatic rings. The van der Waals surface area contributed by atoms with Crippen LogP contribution in [0.1, 0.15) is 36.9 Å². The molecule has 0 saturated heterocycles. The van der Waals surface area contributed by atoms with Crippen LogP contribution in [-0.2, 0) is 0 Å². The number of aryl methyl sites for hydroxylation is 1. The van der Waals surface area contributed by atoms with Gasteiger partial charge in [0.1, 0.15) is 11.3 Å². The number of anilines is 1. The van der Waals surface area contributed by atoms with Crippen LogP contribution in [0.4, 0.5) is 5.69 Å². The molecule has 3 heteroatoms. The lowest BCUT2D eigenvalue weighted by Gasteiger charge is -2.14. The van der Waals surface area contributed by atoms with Crippen LogP contribution in [0.15, 0.2) is 18.2 Å².